The Bertz CT molecular complexity index is 180. The number of nitrogens with zero attached hydrogens (tertiary/aromatic N) is 1. The van der Waals surface area contributed by atoms with Crippen molar-refractivity contribution in [2.45, 2.75) is 0 Å². The Hall–Kier alpha value is -0.760. The maximum atomic E-state index is 3.75. The lowest BCUT2D eigenvalue weighted by Crippen LogP contribution is -1.66. The van der Waals surface area contributed by atoms with Gasteiger partial charge in [-0.1, -0.05) is 13.2 Å². The Morgan fingerprint density at radius 1 is 1.40 bits per heavy atom. The van der Waals surface area contributed by atoms with Crippen molar-refractivity contribution in [2.24, 2.45) is 4.99 Å². The second-order valence-corrected chi connectivity index (χ2v) is 2.59. The minimum absolute atomic E-state index is 0.662. The van der Waals surface area contributed by atoms with E-state index in [4.69, 9.17) is 0 Å². The van der Waals surface area contributed by atoms with Gasteiger partial charge in [0.15, 0.2) is 0 Å². The van der Waals surface area contributed by atoms with Crippen molar-refractivity contribution in [1.82, 2.24) is 0 Å². The summed E-state index contributed by atoms with van der Waals surface area (Å²) in [6, 6.07) is 0. The number of allylic oxidation sites excluding steroid dienone is 2. The summed E-state index contributed by atoms with van der Waals surface area (Å²) in [5.41, 5.74) is 0.662. The molecule has 54 valence electrons. The number of aliphatic imine (C=N–C) groups is 1. The van der Waals surface area contributed by atoms with Gasteiger partial charge in [-0.25, -0.2) is 0 Å². The van der Waals surface area contributed by atoms with Crippen molar-refractivity contribution in [1.29, 1.82) is 0 Å². The molecule has 0 aliphatic heterocycles. The van der Waals surface area contributed by atoms with Crippen LogP contribution in [0.25, 0.3) is 0 Å². The van der Waals surface area contributed by atoms with Crippen LogP contribution < -0.4 is 0 Å². The Morgan fingerprint density at radius 3 is 2.40 bits per heavy atom. The van der Waals surface area contributed by atoms with Crippen molar-refractivity contribution in [3.63, 3.8) is 0 Å². The number of hydrogen-bond acceptors (Lipinski definition) is 2. The van der Waals surface area contributed by atoms with Crippen LogP contribution in [0.4, 0.5) is 0 Å². The van der Waals surface area contributed by atoms with Gasteiger partial charge in [-0.05, 0) is 30.0 Å². The van der Waals surface area contributed by atoms with E-state index in [0.717, 1.165) is 4.91 Å². The summed E-state index contributed by atoms with van der Waals surface area (Å²) in [4.78, 5) is 4.60. The van der Waals surface area contributed by atoms with E-state index in [-0.39, 0.29) is 0 Å². The molecule has 0 aromatic rings. The SMILES string of the molecule is C=NC(=C)/C=C\C(=C)SC. The maximum absolute atomic E-state index is 3.75. The molecule has 0 bridgehead atoms. The first kappa shape index (κ1) is 9.24. The van der Waals surface area contributed by atoms with Gasteiger partial charge in [0, 0.05) is 0 Å². The summed E-state index contributed by atoms with van der Waals surface area (Å²) in [7, 11) is 0. The van der Waals surface area contributed by atoms with E-state index in [2.05, 4.69) is 24.9 Å². The summed E-state index contributed by atoms with van der Waals surface area (Å²) in [6.45, 7) is 10.7. The third-order valence-electron chi connectivity index (χ3n) is 0.927. The molecule has 0 saturated heterocycles. The molecule has 0 amide bonds. The molecule has 0 heterocycles. The molecular weight excluding hydrogens is 142 g/mol. The van der Waals surface area contributed by atoms with Crippen LogP contribution >= 0.6 is 11.8 Å². The molecule has 0 unspecified atom stereocenters. The van der Waals surface area contributed by atoms with Gasteiger partial charge < -0.3 is 0 Å². The fraction of sp³-hybridized carbons (Fsp3) is 0.125. The topological polar surface area (TPSA) is 12.4 Å². The summed E-state index contributed by atoms with van der Waals surface area (Å²) in [5.74, 6) is 0. The third-order valence-corrected chi connectivity index (χ3v) is 1.59. The third kappa shape index (κ3) is 4.15. The van der Waals surface area contributed by atoms with Crippen molar-refractivity contribution in [3.8, 4) is 0 Å². The fourth-order valence-corrected chi connectivity index (χ4v) is 0.514. The quantitative estimate of drug-likeness (QED) is 0.447. The molecule has 0 N–H and O–H groups in total. The summed E-state index contributed by atoms with van der Waals surface area (Å²) >= 11 is 1.59. The average molecular weight is 153 g/mol. The van der Waals surface area contributed by atoms with Crippen LogP contribution in [-0.4, -0.2) is 13.0 Å². The highest BCUT2D eigenvalue weighted by Gasteiger charge is 1.81. The molecule has 0 atom stereocenters. The molecule has 0 rings (SSSR count). The molecule has 0 aromatic carbocycles. The second-order valence-electron chi connectivity index (χ2n) is 1.65. The van der Waals surface area contributed by atoms with E-state index < -0.39 is 0 Å². The van der Waals surface area contributed by atoms with E-state index in [1.54, 1.807) is 17.8 Å². The molecule has 0 aliphatic rings. The Kier molecular flexibility index (Phi) is 4.67. The summed E-state index contributed by atoms with van der Waals surface area (Å²) in [5, 5.41) is 0. The van der Waals surface area contributed by atoms with E-state index >= 15 is 0 Å². The van der Waals surface area contributed by atoms with E-state index in [1.807, 2.05) is 12.3 Å². The lowest BCUT2D eigenvalue weighted by atomic mass is 10.4. The average Bonchev–Trinajstić information content (AvgIpc) is 1.99. The van der Waals surface area contributed by atoms with Crippen LogP contribution in [0.2, 0.25) is 0 Å². The second kappa shape index (κ2) is 5.06. The normalized spacial score (nSPS) is 9.70. The Labute approximate surface area is 66.2 Å². The van der Waals surface area contributed by atoms with Gasteiger partial charge in [0.25, 0.3) is 0 Å². The molecule has 0 aliphatic carbocycles. The predicted molar refractivity (Wildman–Crippen MR) is 50.5 cm³/mol. The Morgan fingerprint density at radius 2 is 2.00 bits per heavy atom. The summed E-state index contributed by atoms with van der Waals surface area (Å²) < 4.78 is 0. The van der Waals surface area contributed by atoms with Crippen LogP contribution in [0, 0.1) is 0 Å². The van der Waals surface area contributed by atoms with Crippen LogP contribution in [0.1, 0.15) is 0 Å². The fourth-order valence-electron chi connectivity index (χ4n) is 0.310. The summed E-state index contributed by atoms with van der Waals surface area (Å²) in [6.07, 6.45) is 5.62. The van der Waals surface area contributed by atoms with Crippen LogP contribution in [0.5, 0.6) is 0 Å². The molecule has 0 radical (unpaired) electrons. The lowest BCUT2D eigenvalue weighted by molar-refractivity contribution is 1.47. The van der Waals surface area contributed by atoms with Crippen molar-refractivity contribution in [3.05, 3.63) is 35.9 Å². The van der Waals surface area contributed by atoms with Crippen molar-refractivity contribution >= 4 is 18.5 Å². The zero-order valence-corrected chi connectivity index (χ0v) is 6.95. The minimum atomic E-state index is 0.662. The molecule has 0 fully saturated rings. The molecule has 1 nitrogen and oxygen atoms in total. The van der Waals surface area contributed by atoms with Crippen LogP contribution in [0.15, 0.2) is 40.9 Å². The van der Waals surface area contributed by atoms with E-state index in [1.165, 1.54) is 0 Å². The van der Waals surface area contributed by atoms with E-state index in [0.29, 0.717) is 5.70 Å². The highest BCUT2D eigenvalue weighted by molar-refractivity contribution is 8.02. The zero-order chi connectivity index (χ0) is 7.98. The van der Waals surface area contributed by atoms with Gasteiger partial charge in [0.05, 0.1) is 5.70 Å². The monoisotopic (exact) mass is 153 g/mol. The molecule has 2 heteroatoms. The van der Waals surface area contributed by atoms with Crippen LogP contribution in [0.3, 0.4) is 0 Å². The number of thioether (sulfide) groups is 1. The Balaban J connectivity index is 3.87. The predicted octanol–water partition coefficient (Wildman–Crippen LogP) is 2.63. The first-order valence-electron chi connectivity index (χ1n) is 2.77. The van der Waals surface area contributed by atoms with E-state index in [9.17, 15) is 0 Å². The van der Waals surface area contributed by atoms with Crippen molar-refractivity contribution in [2.75, 3.05) is 6.26 Å². The molecular formula is C8H11NS. The first-order chi connectivity index (χ1) is 4.70. The number of rotatable bonds is 4. The van der Waals surface area contributed by atoms with Gasteiger partial charge in [-0.2, -0.15) is 0 Å². The highest BCUT2D eigenvalue weighted by Crippen LogP contribution is 2.10. The largest absolute Gasteiger partial charge is 0.265 e. The standard InChI is InChI=1S/C8H11NS/c1-7(9-3)5-6-8(2)10-4/h5-6H,1-3H2,4H3/b6-5-. The lowest BCUT2D eigenvalue weighted by Gasteiger charge is -1.90. The minimum Gasteiger partial charge on any atom is -0.265 e. The molecule has 0 aromatic heterocycles. The molecule has 10 heavy (non-hydrogen) atoms. The van der Waals surface area contributed by atoms with Gasteiger partial charge in [-0.15, -0.1) is 11.8 Å². The highest BCUT2D eigenvalue weighted by atomic mass is 32.2. The van der Waals surface area contributed by atoms with Gasteiger partial charge in [-0.3, -0.25) is 4.99 Å². The zero-order valence-electron chi connectivity index (χ0n) is 6.13. The smallest absolute Gasteiger partial charge is 0.0551 e. The van der Waals surface area contributed by atoms with Crippen LogP contribution in [-0.2, 0) is 0 Å². The first-order valence-corrected chi connectivity index (χ1v) is 3.99. The van der Waals surface area contributed by atoms with Crippen molar-refractivity contribution < 1.29 is 0 Å². The van der Waals surface area contributed by atoms with Gasteiger partial charge in [0.2, 0.25) is 0 Å². The number of hydrogen-bond donors (Lipinski definition) is 0. The molecule has 0 spiro atoms. The molecule has 0 saturated carbocycles. The van der Waals surface area contributed by atoms with Gasteiger partial charge >= 0.3 is 0 Å². The van der Waals surface area contributed by atoms with Gasteiger partial charge in [0.1, 0.15) is 0 Å². The maximum Gasteiger partial charge on any atom is 0.0551 e.